The fourth-order valence-corrected chi connectivity index (χ4v) is 2.78. The van der Waals surface area contributed by atoms with Gasteiger partial charge in [0, 0.05) is 49.4 Å². The van der Waals surface area contributed by atoms with E-state index in [4.69, 9.17) is 15.3 Å². The van der Waals surface area contributed by atoms with Crippen LogP contribution in [0.15, 0.2) is 42.9 Å². The highest BCUT2D eigenvalue weighted by molar-refractivity contribution is 6.08. The van der Waals surface area contributed by atoms with E-state index in [1.54, 1.807) is 32.8 Å². The first-order chi connectivity index (χ1) is 14.2. The van der Waals surface area contributed by atoms with Gasteiger partial charge in [0.15, 0.2) is 5.82 Å². The average Bonchev–Trinajstić information content (AvgIpc) is 2.76. The van der Waals surface area contributed by atoms with Crippen molar-refractivity contribution in [2.75, 3.05) is 37.9 Å². The Balaban J connectivity index is 1.93. The van der Waals surface area contributed by atoms with Crippen LogP contribution in [-0.2, 0) is 0 Å². The van der Waals surface area contributed by atoms with Crippen molar-refractivity contribution in [1.82, 2.24) is 20.3 Å². The van der Waals surface area contributed by atoms with Gasteiger partial charge in [-0.05, 0) is 23.8 Å². The molecule has 0 saturated carbocycles. The second-order valence-corrected chi connectivity index (χ2v) is 6.01. The number of hydrogen-bond acceptors (Lipinski definition) is 9. The maximum atomic E-state index is 9.05. The summed E-state index contributed by atoms with van der Waals surface area (Å²) in [6.45, 7) is 0.376. The van der Waals surface area contributed by atoms with E-state index in [1.165, 1.54) is 6.21 Å². The number of hydrogen-bond donors (Lipinski definition) is 5. The first kappa shape index (κ1) is 20.0. The summed E-state index contributed by atoms with van der Waals surface area (Å²) in [5.74, 6) is 1.57. The van der Waals surface area contributed by atoms with Gasteiger partial charge >= 0.3 is 0 Å². The maximum Gasteiger partial charge on any atom is 0.227 e. The monoisotopic (exact) mass is 393 g/mol. The van der Waals surface area contributed by atoms with Gasteiger partial charge in [0.05, 0.1) is 19.4 Å². The lowest BCUT2D eigenvalue weighted by atomic mass is 10.1. The van der Waals surface area contributed by atoms with Crippen molar-refractivity contribution < 1.29 is 9.84 Å². The smallest absolute Gasteiger partial charge is 0.227 e. The van der Waals surface area contributed by atoms with Crippen molar-refractivity contribution in [2.24, 2.45) is 0 Å². The van der Waals surface area contributed by atoms with Gasteiger partial charge in [-0.3, -0.25) is 0 Å². The summed E-state index contributed by atoms with van der Waals surface area (Å²) < 4.78 is 5.50. The molecule has 150 valence electrons. The minimum absolute atomic E-state index is 0.00244. The lowest BCUT2D eigenvalue weighted by Gasteiger charge is -2.13. The Labute approximate surface area is 168 Å². The van der Waals surface area contributed by atoms with Crippen molar-refractivity contribution in [3.05, 3.63) is 48.4 Å². The Kier molecular flexibility index (Phi) is 6.54. The summed E-state index contributed by atoms with van der Waals surface area (Å²) in [5.41, 5.74) is 2.91. The Morgan fingerprint density at radius 1 is 1.28 bits per heavy atom. The number of aromatic nitrogens is 3. The van der Waals surface area contributed by atoms with Gasteiger partial charge in [-0.15, -0.1) is 0 Å². The summed E-state index contributed by atoms with van der Waals surface area (Å²) in [6.07, 6.45) is 6.40. The van der Waals surface area contributed by atoms with Crippen LogP contribution in [0.4, 0.5) is 17.5 Å². The number of nitrogens with zero attached hydrogens (tertiary/aromatic N) is 3. The number of benzene rings is 1. The second-order valence-electron chi connectivity index (χ2n) is 6.01. The van der Waals surface area contributed by atoms with E-state index in [-0.39, 0.29) is 6.61 Å². The number of allylic oxidation sites excluding steroid dienone is 1. The molecule has 9 nitrogen and oxygen atoms in total. The third-order valence-electron chi connectivity index (χ3n) is 4.14. The van der Waals surface area contributed by atoms with Crippen LogP contribution in [0.2, 0.25) is 0 Å². The van der Waals surface area contributed by atoms with Crippen molar-refractivity contribution in [1.29, 1.82) is 5.41 Å². The Bertz CT molecular complexity index is 1040. The second kappa shape index (κ2) is 9.47. The minimum atomic E-state index is -0.00244. The summed E-state index contributed by atoms with van der Waals surface area (Å²) in [6, 6.07) is 7.40. The molecule has 0 spiro atoms. The molecular formula is C20H23N7O2. The predicted octanol–water partition coefficient (Wildman–Crippen LogP) is 2.39. The van der Waals surface area contributed by atoms with Gasteiger partial charge < -0.3 is 31.2 Å². The predicted molar refractivity (Wildman–Crippen MR) is 115 cm³/mol. The molecule has 2 heterocycles. The van der Waals surface area contributed by atoms with E-state index < -0.39 is 0 Å². The van der Waals surface area contributed by atoms with Gasteiger partial charge in [0.2, 0.25) is 5.95 Å². The molecule has 29 heavy (non-hydrogen) atoms. The quantitative estimate of drug-likeness (QED) is 0.351. The number of anilines is 3. The van der Waals surface area contributed by atoms with Crippen LogP contribution in [0.5, 0.6) is 5.75 Å². The minimum Gasteiger partial charge on any atom is -0.495 e. The summed E-state index contributed by atoms with van der Waals surface area (Å²) >= 11 is 0. The first-order valence-electron chi connectivity index (χ1n) is 9.00. The molecule has 0 atom stereocenters. The van der Waals surface area contributed by atoms with Crippen LogP contribution in [0.1, 0.15) is 5.56 Å². The van der Waals surface area contributed by atoms with Gasteiger partial charge in [-0.25, -0.2) is 15.0 Å². The molecule has 0 bridgehead atoms. The van der Waals surface area contributed by atoms with Crippen molar-refractivity contribution in [3.8, 4) is 5.75 Å². The van der Waals surface area contributed by atoms with Crippen molar-refractivity contribution >= 4 is 40.1 Å². The SMILES string of the molecule is CN/C=C(\C=N)c1ccc(Nc2ncc3ccnc(NCCO)c3n2)c(OC)c1. The summed E-state index contributed by atoms with van der Waals surface area (Å²) in [7, 11) is 3.37. The topological polar surface area (TPSA) is 128 Å². The maximum absolute atomic E-state index is 9.05. The molecule has 3 rings (SSSR count). The van der Waals surface area contributed by atoms with Crippen LogP contribution in [-0.4, -0.2) is 53.6 Å². The molecule has 1 aromatic carbocycles. The molecule has 0 fully saturated rings. The van der Waals surface area contributed by atoms with Gasteiger partial charge in [0.1, 0.15) is 11.3 Å². The van der Waals surface area contributed by atoms with Crippen LogP contribution >= 0.6 is 0 Å². The van der Waals surface area contributed by atoms with Gasteiger partial charge in [-0.1, -0.05) is 6.07 Å². The molecular weight excluding hydrogens is 370 g/mol. The number of ether oxygens (including phenoxy) is 1. The molecule has 0 amide bonds. The Hall–Kier alpha value is -3.72. The largest absolute Gasteiger partial charge is 0.495 e. The van der Waals surface area contributed by atoms with Gasteiger partial charge in [0.25, 0.3) is 0 Å². The Morgan fingerprint density at radius 3 is 2.86 bits per heavy atom. The first-order valence-corrected chi connectivity index (χ1v) is 9.00. The van der Waals surface area contributed by atoms with Crippen LogP contribution in [0.3, 0.4) is 0 Å². The third-order valence-corrected chi connectivity index (χ3v) is 4.14. The van der Waals surface area contributed by atoms with E-state index in [0.717, 1.165) is 16.5 Å². The molecule has 0 unspecified atom stereocenters. The summed E-state index contributed by atoms with van der Waals surface area (Å²) in [4.78, 5) is 13.2. The number of rotatable bonds is 9. The highest BCUT2D eigenvalue weighted by Gasteiger charge is 2.10. The molecule has 0 aliphatic rings. The number of fused-ring (bicyclic) bond motifs is 1. The zero-order valence-electron chi connectivity index (χ0n) is 16.2. The van der Waals surface area contributed by atoms with E-state index in [9.17, 15) is 0 Å². The van der Waals surface area contributed by atoms with Crippen molar-refractivity contribution in [3.63, 3.8) is 0 Å². The number of nitrogens with one attached hydrogen (secondary N) is 4. The number of aliphatic hydroxyl groups excluding tert-OH is 1. The third kappa shape index (κ3) is 4.58. The average molecular weight is 393 g/mol. The molecule has 9 heteroatoms. The van der Waals surface area contributed by atoms with Gasteiger partial charge in [-0.2, -0.15) is 0 Å². The van der Waals surface area contributed by atoms with Crippen molar-refractivity contribution in [2.45, 2.75) is 0 Å². The van der Waals surface area contributed by atoms with E-state index in [1.807, 2.05) is 24.3 Å². The molecule has 0 aliphatic heterocycles. The fourth-order valence-electron chi connectivity index (χ4n) is 2.78. The van der Waals surface area contributed by atoms with E-state index in [2.05, 4.69) is 30.9 Å². The lowest BCUT2D eigenvalue weighted by Crippen LogP contribution is -2.08. The molecule has 2 aromatic heterocycles. The zero-order chi connectivity index (χ0) is 20.6. The standard InChI is InChI=1S/C20H23N7O2/c1-22-11-15(10-21)13-3-4-16(17(9-13)29-2)26-20-25-12-14-5-6-23-19(18(14)27-20)24-7-8-28/h3-6,9-12,21-22,28H,7-8H2,1-2H3,(H,23,24)(H,25,26,27)/b15-11+,21-10?. The number of methoxy groups -OCH3 is 1. The van der Waals surface area contributed by atoms with E-state index >= 15 is 0 Å². The zero-order valence-corrected chi connectivity index (χ0v) is 16.2. The van der Waals surface area contributed by atoms with E-state index in [0.29, 0.717) is 35.3 Å². The molecule has 0 saturated heterocycles. The number of aliphatic hydroxyl groups is 1. The fraction of sp³-hybridized carbons (Fsp3) is 0.200. The summed E-state index contributed by atoms with van der Waals surface area (Å²) in [5, 5.41) is 26.6. The van der Waals surface area contributed by atoms with Crippen LogP contribution in [0, 0.1) is 5.41 Å². The highest BCUT2D eigenvalue weighted by atomic mass is 16.5. The molecule has 5 N–H and O–H groups in total. The normalized spacial score (nSPS) is 11.2. The molecule has 0 radical (unpaired) electrons. The molecule has 0 aliphatic carbocycles. The van der Waals surface area contributed by atoms with Crippen LogP contribution < -0.4 is 20.7 Å². The molecule has 3 aromatic rings. The van der Waals surface area contributed by atoms with Crippen LogP contribution in [0.25, 0.3) is 16.5 Å². The lowest BCUT2D eigenvalue weighted by molar-refractivity contribution is 0.311. The number of pyridine rings is 1. The Morgan fingerprint density at radius 2 is 2.14 bits per heavy atom. The highest BCUT2D eigenvalue weighted by Crippen LogP contribution is 2.30.